The van der Waals surface area contributed by atoms with E-state index in [0.717, 1.165) is 32.0 Å². The van der Waals surface area contributed by atoms with Crippen LogP contribution in [0.1, 0.15) is 75.8 Å². The molecule has 1 aliphatic carbocycles. The molecule has 0 bridgehead atoms. The van der Waals surface area contributed by atoms with Crippen molar-refractivity contribution in [2.45, 2.75) is 76.0 Å². The van der Waals surface area contributed by atoms with E-state index in [0.29, 0.717) is 0 Å². The summed E-state index contributed by atoms with van der Waals surface area (Å²) in [4.78, 5) is 14.1. The second-order valence-electron chi connectivity index (χ2n) is 8.71. The molecule has 9 heteroatoms. The number of ketones is 1. The average Bonchev–Trinajstić information content (AvgIpc) is 3.26. The summed E-state index contributed by atoms with van der Waals surface area (Å²) >= 11 is 0. The van der Waals surface area contributed by atoms with E-state index in [-0.39, 0.29) is 4.57 Å². The summed E-state index contributed by atoms with van der Waals surface area (Å²) in [6.45, 7) is -6.55. The molecule has 198 valence electrons. The maximum Gasteiger partial charge on any atom is 0.586 e. The molecular formula is C28H30F3NO5. The number of carbonyl (C=O) groups excluding carboxylic acids is 1. The second kappa shape index (κ2) is 8.77. The van der Waals surface area contributed by atoms with Crippen molar-refractivity contribution in [3.63, 3.8) is 0 Å². The highest BCUT2D eigenvalue weighted by atomic mass is 19.3. The number of hydrogen-bond acceptors (Lipinski definition) is 5. The number of halogens is 3. The summed E-state index contributed by atoms with van der Waals surface area (Å²) in [6, 6.07) is -1.10. The monoisotopic (exact) mass is 531 g/mol. The molecule has 0 amide bonds. The van der Waals surface area contributed by atoms with Gasteiger partial charge in [-0.1, -0.05) is 26.8 Å². The first kappa shape index (κ1) is 13.7. The average molecular weight is 532 g/mol. The molecule has 3 aromatic rings. The van der Waals surface area contributed by atoms with Crippen molar-refractivity contribution < 1.29 is 56.8 Å². The van der Waals surface area contributed by atoms with Crippen LogP contribution in [-0.4, -0.2) is 39.6 Å². The van der Waals surface area contributed by atoms with E-state index in [9.17, 15) is 23.8 Å². The fraction of sp³-hybridized carbons (Fsp3) is 0.464. The molecule has 0 radical (unpaired) electrons. The Bertz CT molecular complexity index is 1950. The van der Waals surface area contributed by atoms with Gasteiger partial charge in [-0.05, 0) is 60.5 Å². The number of aromatic nitrogens is 1. The fourth-order valence-corrected chi connectivity index (χ4v) is 3.94. The number of ether oxygens (including phenoxy) is 2. The van der Waals surface area contributed by atoms with Crippen molar-refractivity contribution in [2.24, 2.45) is 0 Å². The minimum absolute atomic E-state index is 0.177. The molecule has 2 aromatic carbocycles. The topological polar surface area (TPSA) is 80.9 Å². The van der Waals surface area contributed by atoms with Crippen LogP contribution in [-0.2, 0) is 28.5 Å². The zero-order valence-corrected chi connectivity index (χ0v) is 19.4. The van der Waals surface area contributed by atoms with Gasteiger partial charge in [0.2, 0.25) is 0 Å². The highest BCUT2D eigenvalue weighted by molar-refractivity contribution is 5.95. The summed E-state index contributed by atoms with van der Waals surface area (Å²) in [5.74, 6) is -4.40. The number of fused-ring (bicyclic) bond motifs is 2. The Morgan fingerprint density at radius 3 is 2.70 bits per heavy atom. The second-order valence-corrected chi connectivity index (χ2v) is 8.71. The zero-order chi connectivity index (χ0) is 39.0. The molecule has 2 heterocycles. The van der Waals surface area contributed by atoms with Gasteiger partial charge in [-0.2, -0.15) is 0 Å². The van der Waals surface area contributed by atoms with Crippen LogP contribution in [0.2, 0.25) is 0 Å². The molecule has 2 aliphatic rings. The van der Waals surface area contributed by atoms with Crippen LogP contribution in [0, 0.1) is 5.82 Å². The Labute approximate surface area is 232 Å². The van der Waals surface area contributed by atoms with Gasteiger partial charge < -0.3 is 24.3 Å². The summed E-state index contributed by atoms with van der Waals surface area (Å²) in [7, 11) is 0. The molecule has 1 aliphatic heterocycles. The molecule has 6 nitrogen and oxygen atoms in total. The summed E-state index contributed by atoms with van der Waals surface area (Å²) in [6.07, 6.45) is -16.9. The largest absolute Gasteiger partial charge is 0.586 e. The Kier molecular flexibility index (Phi) is 3.24. The highest BCUT2D eigenvalue weighted by Gasteiger charge is 2.52. The number of nitrogens with zero attached hydrogens (tertiary/aromatic N) is 1. The van der Waals surface area contributed by atoms with Crippen molar-refractivity contribution >= 4 is 16.7 Å². The van der Waals surface area contributed by atoms with Gasteiger partial charge in [-0.3, -0.25) is 4.79 Å². The quantitative estimate of drug-likeness (QED) is 0.407. The van der Waals surface area contributed by atoms with Crippen molar-refractivity contribution in [1.82, 2.24) is 4.57 Å². The van der Waals surface area contributed by atoms with Gasteiger partial charge in [0.05, 0.1) is 37.0 Å². The Morgan fingerprint density at radius 1 is 1.32 bits per heavy atom. The first-order chi connectivity index (χ1) is 22.9. The summed E-state index contributed by atoms with van der Waals surface area (Å²) in [5, 5.41) is 19.2. The first-order valence-corrected chi connectivity index (χ1v) is 11.0. The van der Waals surface area contributed by atoms with Crippen LogP contribution >= 0.6 is 0 Å². The predicted octanol–water partition coefficient (Wildman–Crippen LogP) is 4.99. The van der Waals surface area contributed by atoms with Crippen LogP contribution < -0.4 is 9.47 Å². The molecule has 2 N–H and O–H groups in total. The van der Waals surface area contributed by atoms with Gasteiger partial charge in [0, 0.05) is 35.3 Å². The molecule has 0 spiro atoms. The predicted molar refractivity (Wildman–Crippen MR) is 131 cm³/mol. The van der Waals surface area contributed by atoms with E-state index in [1.807, 2.05) is 0 Å². The molecule has 1 fully saturated rings. The normalized spacial score (nSPS) is 28.9. The minimum Gasteiger partial charge on any atom is -0.395 e. The third-order valence-corrected chi connectivity index (χ3v) is 6.09. The third kappa shape index (κ3) is 4.48. The lowest BCUT2D eigenvalue weighted by atomic mass is 9.86. The number of alkyl halides is 2. The number of hydrogen-bond donors (Lipinski definition) is 2. The molecular weight excluding hydrogens is 487 g/mol. The lowest BCUT2D eigenvalue weighted by Crippen LogP contribution is -2.26. The van der Waals surface area contributed by atoms with Gasteiger partial charge in [-0.15, -0.1) is 8.78 Å². The molecule has 5 rings (SSSR count). The van der Waals surface area contributed by atoms with E-state index in [1.165, 1.54) is 0 Å². The fourth-order valence-electron chi connectivity index (χ4n) is 3.94. The SMILES string of the molecule is [2H]c1c(CC(=O)C2(c3ccc4c(c3)OC(F)(F)O4)C([2H])([2H])C2([2H])[2H])c(F)c([2H])c2c1c([2H])c(C(C)(C([2H])([2H])[2H])C([2H])([2H])C)n2C([2H])([2H])[C@@H](O)CO. The highest BCUT2D eigenvalue weighted by Crippen LogP contribution is 2.52. The molecule has 1 saturated carbocycles. The Morgan fingerprint density at radius 2 is 2.05 bits per heavy atom. The van der Waals surface area contributed by atoms with Gasteiger partial charge in [0.1, 0.15) is 11.6 Å². The van der Waals surface area contributed by atoms with Gasteiger partial charge in [0.25, 0.3) is 0 Å². The van der Waals surface area contributed by atoms with E-state index in [4.69, 9.17) is 19.2 Å². The molecule has 1 aromatic heterocycles. The van der Waals surface area contributed by atoms with Gasteiger partial charge >= 0.3 is 6.29 Å². The van der Waals surface area contributed by atoms with Crippen LogP contribution in [0.15, 0.2) is 36.3 Å². The maximum absolute atomic E-state index is 16.3. The first-order valence-electron chi connectivity index (χ1n) is 18.0. The summed E-state index contributed by atoms with van der Waals surface area (Å²) in [5.41, 5.74) is -9.37. The maximum atomic E-state index is 16.3. The molecule has 0 saturated heterocycles. The van der Waals surface area contributed by atoms with Crippen molar-refractivity contribution in [2.75, 3.05) is 6.61 Å². The minimum atomic E-state index is -4.14. The van der Waals surface area contributed by atoms with Crippen molar-refractivity contribution in [3.05, 3.63) is 59.0 Å². The smallest absolute Gasteiger partial charge is 0.395 e. The number of aliphatic hydroxyl groups excluding tert-OH is 2. The number of Topliss-reactive ketones (excluding diaryl/α,β-unsaturated/α-hetero) is 1. The van der Waals surface area contributed by atoms with Gasteiger partial charge in [-0.25, -0.2) is 4.39 Å². The van der Waals surface area contributed by atoms with E-state index in [2.05, 4.69) is 9.47 Å². The zero-order valence-electron chi connectivity index (χ0n) is 33.4. The molecule has 37 heavy (non-hydrogen) atoms. The van der Waals surface area contributed by atoms with Gasteiger partial charge in [0.15, 0.2) is 11.5 Å². The standard InChI is InChI=1S/C28H30F3NO5/c1-4-26(2,3)24-10-17-9-16(20(29)13-21(17)32(24)14-19(34)15-33)11-25(35)27(7-8-27)18-5-6-22-23(12-18)37-28(30,31)36-22/h5-6,9-10,12-13,19,33-34H,4,7-8,11,14-15H2,1-3H3/t19-/m1/s1/i2D3,4D2,7D2,8D2,9D,10D,13D,14D2/t19-,26?. The molecule has 1 unspecified atom stereocenters. The number of aliphatic hydroxyl groups is 2. The van der Waals surface area contributed by atoms with Crippen LogP contribution in [0.5, 0.6) is 11.5 Å². The Hall–Kier alpha value is -3.04. The van der Waals surface area contributed by atoms with E-state index < -0.39 is 138 Å². The van der Waals surface area contributed by atoms with Crippen LogP contribution in [0.25, 0.3) is 10.9 Å². The van der Waals surface area contributed by atoms with Crippen LogP contribution in [0.3, 0.4) is 0 Å². The number of benzene rings is 2. The van der Waals surface area contributed by atoms with Crippen LogP contribution in [0.4, 0.5) is 13.2 Å². The third-order valence-electron chi connectivity index (χ3n) is 6.09. The summed E-state index contributed by atoms with van der Waals surface area (Å²) < 4.78 is 171. The molecule has 2 atom stereocenters. The Balaban J connectivity index is 1.80. The van der Waals surface area contributed by atoms with Crippen molar-refractivity contribution in [3.8, 4) is 11.5 Å². The number of carbonyl (C=O) groups is 1. The number of rotatable bonds is 9. The van der Waals surface area contributed by atoms with Crippen molar-refractivity contribution in [1.29, 1.82) is 0 Å². The lowest BCUT2D eigenvalue weighted by molar-refractivity contribution is -0.286. The van der Waals surface area contributed by atoms with E-state index in [1.54, 1.807) is 0 Å². The lowest BCUT2D eigenvalue weighted by Gasteiger charge is -2.26. The van der Waals surface area contributed by atoms with E-state index >= 15 is 4.39 Å².